The number of aromatic hydroxyl groups is 1. The minimum Gasteiger partial charge on any atom is -0.506 e. The van der Waals surface area contributed by atoms with Crippen LogP contribution in [0.4, 0.5) is 5.69 Å². The lowest BCUT2D eigenvalue weighted by Crippen LogP contribution is -2.60. The van der Waals surface area contributed by atoms with E-state index >= 15 is 0 Å². The quantitative estimate of drug-likeness (QED) is 0.0196. The Morgan fingerprint density at radius 2 is 1.11 bits per heavy atom. The summed E-state index contributed by atoms with van der Waals surface area (Å²) in [5, 5.41) is 43.6. The Kier molecular flexibility index (Phi) is 51.1. The van der Waals surface area contributed by atoms with E-state index in [2.05, 4.69) is 47.5 Å². The summed E-state index contributed by atoms with van der Waals surface area (Å²) in [5.74, 6) is -9.24. The number of nitrogens with zero attached hydrogens (tertiary/aromatic N) is 4. The minimum absolute atomic E-state index is 0.0168. The van der Waals surface area contributed by atoms with E-state index in [1.165, 1.54) is 51.3 Å². The number of benzene rings is 1. The normalized spacial score (nSPS) is 14.4. The lowest BCUT2D eigenvalue weighted by Gasteiger charge is -2.38. The fourth-order valence-electron chi connectivity index (χ4n) is 11.3. The number of amides is 11. The number of esters is 1. The molecule has 0 unspecified atom stereocenters. The summed E-state index contributed by atoms with van der Waals surface area (Å²) in [5.41, 5.74) is -0.689. The Balaban J connectivity index is 1.49. The summed E-state index contributed by atoms with van der Waals surface area (Å²) in [4.78, 5) is 180. The fourth-order valence-corrected chi connectivity index (χ4v) is 12.2. The molecular formula is C80H130N12O26S. The summed E-state index contributed by atoms with van der Waals surface area (Å²) in [7, 11) is 6.79. The first-order valence-electron chi connectivity index (χ1n) is 40.3. The number of carbonyl (C=O) groups excluding carboxylic acids is 12. The van der Waals surface area contributed by atoms with Gasteiger partial charge < -0.3 is 110 Å². The molecule has 672 valence electrons. The van der Waals surface area contributed by atoms with Gasteiger partial charge in [0.1, 0.15) is 53.3 Å². The lowest BCUT2D eigenvalue weighted by atomic mass is 9.92. The van der Waals surface area contributed by atoms with E-state index in [1.54, 1.807) is 51.9 Å². The number of aromatic nitrogens is 1. The second-order valence-corrected chi connectivity index (χ2v) is 30.4. The second-order valence-electron chi connectivity index (χ2n) is 29.5. The molecule has 9 atom stereocenters. The smallest absolute Gasteiger partial charge is 0.303 e. The van der Waals surface area contributed by atoms with Gasteiger partial charge in [-0.1, -0.05) is 40.2 Å². The maximum atomic E-state index is 14.4. The third-order valence-electron chi connectivity index (χ3n) is 19.2. The molecule has 0 aliphatic carbocycles. The summed E-state index contributed by atoms with van der Waals surface area (Å²) >= 11 is 1.04. The van der Waals surface area contributed by atoms with Gasteiger partial charge >= 0.3 is 11.9 Å². The first-order valence-corrected chi connectivity index (χ1v) is 41.2. The number of phenolic OH excluding ortho intramolecular Hbond substituents is 1. The van der Waals surface area contributed by atoms with Crippen molar-refractivity contribution in [1.82, 2.24) is 56.9 Å². The molecule has 3 rings (SSSR count). The number of carbonyl (C=O) groups is 13. The summed E-state index contributed by atoms with van der Waals surface area (Å²) < 4.78 is 59.8. The number of aliphatic carboxylic acids is 1. The van der Waals surface area contributed by atoms with Gasteiger partial charge in [0, 0.05) is 83.0 Å². The molecule has 1 aliphatic heterocycles. The number of methoxy groups -OCH3 is 1. The van der Waals surface area contributed by atoms with Crippen LogP contribution in [-0.4, -0.2) is 322 Å². The molecule has 0 fully saturated rings. The van der Waals surface area contributed by atoms with Gasteiger partial charge in [-0.05, 0) is 117 Å². The van der Waals surface area contributed by atoms with Crippen molar-refractivity contribution in [2.45, 2.75) is 187 Å². The highest BCUT2D eigenvalue weighted by Gasteiger charge is 2.40. The number of imide groups is 1. The standard InChI is InChI=1S/C80H130N12O26S/c1-15-53(4)71(89-79(107)80(9,10)90(11)12)78(106)91(13)63(52(2)3)49-65(118-57(8)93)77-88-62(51-119-77)76(105)85-59(22-26-70(99)100)47-58-21-23-64(94)61(48-58)87-74(103)56(7)83-72(101)54(5)82-73(102)55(6)84-75(104)60(86-66(95)20-18-28-92-68(97)24-25-69(92)98)19-16-17-27-81-67(96)50-117-46-45-116-44-43-115-42-41-114-40-39-113-38-37-112-36-35-111-34-33-110-32-31-109-30-29-108-14/h21,23-25,48,51-56,59-60,63,65,71,94H,15-20,22,26-47,49-50H2,1-14H3,(H,81,96)(H,82,102)(H,83,101)(H,84,104)(H,85,105)(H,86,95)(H,87,103)(H,89,107)(H,99,100)/t53-,54-,55-,56-,59+,60-,63+,65+,71-/m0/s1. The van der Waals surface area contributed by atoms with Crippen molar-refractivity contribution in [3.8, 4) is 5.75 Å². The molecule has 0 saturated heterocycles. The number of thiazole rings is 1. The number of unbranched alkanes of at least 4 members (excludes halogenated alkanes) is 1. The molecule has 1 aliphatic rings. The van der Waals surface area contributed by atoms with Crippen LogP contribution in [0.2, 0.25) is 0 Å². The Morgan fingerprint density at radius 1 is 0.605 bits per heavy atom. The molecule has 0 radical (unpaired) electrons. The Hall–Kier alpha value is -8.74. The topological polar surface area (TPSA) is 483 Å². The van der Waals surface area contributed by atoms with Crippen LogP contribution < -0.4 is 42.5 Å². The van der Waals surface area contributed by atoms with Crippen molar-refractivity contribution in [1.29, 1.82) is 0 Å². The molecule has 11 amide bonds. The zero-order valence-electron chi connectivity index (χ0n) is 71.5. The van der Waals surface area contributed by atoms with Crippen molar-refractivity contribution in [3.63, 3.8) is 0 Å². The minimum atomic E-state index is -1.29. The summed E-state index contributed by atoms with van der Waals surface area (Å²) in [6, 6.07) is -3.18. The first-order chi connectivity index (χ1) is 56.6. The third-order valence-corrected chi connectivity index (χ3v) is 20.1. The van der Waals surface area contributed by atoms with E-state index in [4.69, 9.17) is 52.1 Å². The van der Waals surface area contributed by atoms with E-state index in [0.29, 0.717) is 131 Å². The van der Waals surface area contributed by atoms with E-state index in [0.717, 1.165) is 28.4 Å². The fraction of sp³-hybridized carbons (Fsp3) is 0.700. The van der Waals surface area contributed by atoms with Gasteiger partial charge in [0.2, 0.25) is 47.3 Å². The van der Waals surface area contributed by atoms with Gasteiger partial charge in [-0.3, -0.25) is 72.1 Å². The van der Waals surface area contributed by atoms with Crippen LogP contribution in [0.1, 0.15) is 154 Å². The van der Waals surface area contributed by atoms with E-state index in [9.17, 15) is 72.5 Å². The van der Waals surface area contributed by atoms with Gasteiger partial charge in [-0.25, -0.2) is 4.98 Å². The van der Waals surface area contributed by atoms with Gasteiger partial charge in [0.05, 0.1) is 130 Å². The van der Waals surface area contributed by atoms with Gasteiger partial charge in [-0.2, -0.15) is 0 Å². The summed E-state index contributed by atoms with van der Waals surface area (Å²) in [6.45, 7) is 23.5. The predicted octanol–water partition coefficient (Wildman–Crippen LogP) is 2.13. The largest absolute Gasteiger partial charge is 0.506 e. The Labute approximate surface area is 701 Å². The van der Waals surface area contributed by atoms with E-state index in [-0.39, 0.29) is 124 Å². The van der Waals surface area contributed by atoms with Crippen molar-refractivity contribution >= 4 is 93.9 Å². The molecule has 119 heavy (non-hydrogen) atoms. The van der Waals surface area contributed by atoms with Gasteiger partial charge in [0.15, 0.2) is 6.10 Å². The Morgan fingerprint density at radius 3 is 1.60 bits per heavy atom. The molecule has 10 N–H and O–H groups in total. The molecule has 0 spiro atoms. The number of likely N-dealkylation sites (N-methyl/N-ethyl adjacent to an activating group) is 2. The van der Waals surface area contributed by atoms with Crippen LogP contribution >= 0.6 is 11.3 Å². The highest BCUT2D eigenvalue weighted by molar-refractivity contribution is 7.09. The van der Waals surface area contributed by atoms with Crippen LogP contribution in [0, 0.1) is 11.8 Å². The predicted molar refractivity (Wildman–Crippen MR) is 436 cm³/mol. The first kappa shape index (κ1) is 104. The van der Waals surface area contributed by atoms with E-state index < -0.39 is 119 Å². The maximum absolute atomic E-state index is 14.4. The van der Waals surface area contributed by atoms with Crippen LogP contribution in [0.25, 0.3) is 0 Å². The van der Waals surface area contributed by atoms with Crippen LogP contribution in [-0.2, 0) is 116 Å². The van der Waals surface area contributed by atoms with Gasteiger partial charge in [0.25, 0.3) is 17.7 Å². The monoisotopic (exact) mass is 1710 g/mol. The number of carboxylic acid groups (broad SMARTS) is 1. The number of rotatable bonds is 66. The lowest BCUT2D eigenvalue weighted by molar-refractivity contribution is -0.149. The summed E-state index contributed by atoms with van der Waals surface area (Å²) in [6.07, 6.45) is 2.03. The van der Waals surface area contributed by atoms with Crippen molar-refractivity contribution < 1.29 is 125 Å². The van der Waals surface area contributed by atoms with Crippen molar-refractivity contribution in [2.75, 3.05) is 172 Å². The molecule has 39 heteroatoms. The zero-order chi connectivity index (χ0) is 88.4. The molecule has 38 nitrogen and oxygen atoms in total. The molecule has 0 saturated carbocycles. The van der Waals surface area contributed by atoms with Crippen molar-refractivity contribution in [2.24, 2.45) is 11.8 Å². The van der Waals surface area contributed by atoms with Crippen LogP contribution in [0.15, 0.2) is 35.7 Å². The van der Waals surface area contributed by atoms with Crippen LogP contribution in [0.3, 0.4) is 0 Å². The third kappa shape index (κ3) is 41.9. The number of nitrogens with one attached hydrogen (secondary N) is 8. The SMILES string of the molecule is CC[C@H](C)[C@H](NC(=O)C(C)(C)N(C)C)C(=O)N(C)[C@H](C[C@@H](OC(C)=O)c1nc(C(=O)N[C@H](CCC(=O)O)Cc2ccc(O)c(NC(=O)[C@H](C)NC(=O)[C@H](C)NC(=O)[C@H](C)NC(=O)[C@H](CCCCNC(=O)COCCOCCOCCOCCOCCOCCOCCOCCOCCOC)NC(=O)CCCN3C(=O)C=CC3=O)c2)cs1)C(C)C. The average molecular weight is 1710 g/mol. The Bertz CT molecular complexity index is 3490. The molecule has 2 aromatic rings. The molecular weight excluding hydrogens is 1580 g/mol. The molecule has 2 heterocycles. The molecule has 1 aromatic carbocycles. The van der Waals surface area contributed by atoms with Gasteiger partial charge in [-0.15, -0.1) is 11.3 Å². The number of carboxylic acids is 1. The van der Waals surface area contributed by atoms with Crippen LogP contribution in [0.5, 0.6) is 5.75 Å². The highest BCUT2D eigenvalue weighted by atomic mass is 32.1. The highest BCUT2D eigenvalue weighted by Crippen LogP contribution is 2.32. The number of anilines is 1. The second kappa shape index (κ2) is 58.3. The number of hydrogen-bond acceptors (Lipinski definition) is 28. The maximum Gasteiger partial charge on any atom is 0.303 e. The number of hydrogen-bond donors (Lipinski definition) is 10. The molecule has 1 aromatic heterocycles. The number of ether oxygens (including phenoxy) is 11. The number of phenols is 1. The average Bonchev–Trinajstić information content (AvgIpc) is 1.47. The molecule has 0 bridgehead atoms. The van der Waals surface area contributed by atoms with E-state index in [1.807, 2.05) is 27.7 Å². The van der Waals surface area contributed by atoms with Crippen molar-refractivity contribution in [3.05, 3.63) is 52.0 Å². The zero-order valence-corrected chi connectivity index (χ0v) is 72.4.